The lowest BCUT2D eigenvalue weighted by atomic mass is 9.95. The van der Waals surface area contributed by atoms with E-state index in [2.05, 4.69) is 43.7 Å². The number of nitrogens with zero attached hydrogens (tertiary/aromatic N) is 4. The summed E-state index contributed by atoms with van der Waals surface area (Å²) in [4.78, 5) is 2.53. The minimum atomic E-state index is 0. The van der Waals surface area contributed by atoms with E-state index in [-0.39, 0.29) is 12.4 Å². The fourth-order valence-corrected chi connectivity index (χ4v) is 3.87. The number of benzene rings is 1. The van der Waals surface area contributed by atoms with Crippen molar-refractivity contribution in [3.8, 4) is 5.75 Å². The van der Waals surface area contributed by atoms with Crippen LogP contribution < -0.4 is 10.1 Å². The summed E-state index contributed by atoms with van der Waals surface area (Å²) in [6.07, 6.45) is 4.08. The van der Waals surface area contributed by atoms with E-state index in [1.165, 1.54) is 11.4 Å². The van der Waals surface area contributed by atoms with Crippen LogP contribution in [0.2, 0.25) is 0 Å². The van der Waals surface area contributed by atoms with Gasteiger partial charge < -0.3 is 14.6 Å². The third-order valence-corrected chi connectivity index (χ3v) is 5.30. The summed E-state index contributed by atoms with van der Waals surface area (Å²) in [5, 5.41) is 12.2. The van der Waals surface area contributed by atoms with Crippen molar-refractivity contribution in [3.05, 3.63) is 54.1 Å². The van der Waals surface area contributed by atoms with Crippen LogP contribution in [0.25, 0.3) is 0 Å². The van der Waals surface area contributed by atoms with E-state index in [1.807, 2.05) is 12.1 Å². The van der Waals surface area contributed by atoms with E-state index < -0.39 is 0 Å². The van der Waals surface area contributed by atoms with Crippen molar-refractivity contribution in [2.45, 2.75) is 38.4 Å². The molecule has 4 rings (SSSR count). The van der Waals surface area contributed by atoms with Crippen LogP contribution in [0.3, 0.4) is 0 Å². The van der Waals surface area contributed by atoms with Crippen LogP contribution in [-0.4, -0.2) is 45.9 Å². The first-order valence-electron chi connectivity index (χ1n) is 9.51. The molecule has 3 heterocycles. The van der Waals surface area contributed by atoms with Gasteiger partial charge in [0.1, 0.15) is 24.0 Å². The minimum absolute atomic E-state index is 0. The fraction of sp³-hybridized carbons (Fsp3) is 0.500. The Morgan fingerprint density at radius 3 is 2.67 bits per heavy atom. The number of halogens is 1. The molecule has 146 valence electrons. The second-order valence-electron chi connectivity index (χ2n) is 7.10. The zero-order chi connectivity index (χ0) is 17.8. The van der Waals surface area contributed by atoms with Gasteiger partial charge in [0, 0.05) is 25.6 Å². The Hall–Kier alpha value is -1.89. The summed E-state index contributed by atoms with van der Waals surface area (Å²) >= 11 is 0. The zero-order valence-corrected chi connectivity index (χ0v) is 16.5. The van der Waals surface area contributed by atoms with E-state index in [0.717, 1.165) is 63.7 Å². The molecule has 0 saturated carbocycles. The van der Waals surface area contributed by atoms with Crippen molar-refractivity contribution in [1.82, 2.24) is 25.0 Å². The van der Waals surface area contributed by atoms with Crippen LogP contribution in [-0.2, 0) is 19.6 Å². The average molecular weight is 390 g/mol. The number of fused-ring (bicyclic) bond motifs is 1. The van der Waals surface area contributed by atoms with Crippen LogP contribution in [0.15, 0.2) is 36.9 Å². The third-order valence-electron chi connectivity index (χ3n) is 5.30. The number of ether oxygens (including phenoxy) is 1. The Labute approximate surface area is 167 Å². The van der Waals surface area contributed by atoms with Gasteiger partial charge in [-0.2, -0.15) is 0 Å². The minimum Gasteiger partial charge on any atom is -0.490 e. The van der Waals surface area contributed by atoms with Crippen molar-refractivity contribution in [2.75, 3.05) is 26.2 Å². The van der Waals surface area contributed by atoms with Gasteiger partial charge in [0.05, 0.1) is 6.54 Å². The molecule has 2 aliphatic heterocycles. The lowest BCUT2D eigenvalue weighted by Crippen LogP contribution is -2.34. The molecule has 7 heteroatoms. The van der Waals surface area contributed by atoms with Crippen molar-refractivity contribution in [3.63, 3.8) is 0 Å². The van der Waals surface area contributed by atoms with Crippen LogP contribution >= 0.6 is 12.4 Å². The first-order valence-corrected chi connectivity index (χ1v) is 9.51. The first-order chi connectivity index (χ1) is 12.8. The van der Waals surface area contributed by atoms with Gasteiger partial charge in [-0.3, -0.25) is 4.90 Å². The number of hydrogen-bond donors (Lipinski definition) is 1. The molecule has 0 unspecified atom stereocenters. The summed E-state index contributed by atoms with van der Waals surface area (Å²) in [7, 11) is 0. The molecule has 1 saturated heterocycles. The number of hydrogen-bond acceptors (Lipinski definition) is 5. The summed E-state index contributed by atoms with van der Waals surface area (Å²) in [6, 6.07) is 8.41. The number of rotatable bonds is 6. The van der Waals surface area contributed by atoms with E-state index in [4.69, 9.17) is 4.74 Å². The molecular formula is C20H28ClN5O. The SMILES string of the molecule is C=CCOc1ccc(CN2CCC(c3nnc4n3CCNC4)CC2)cc1.Cl. The lowest BCUT2D eigenvalue weighted by Gasteiger charge is -2.32. The number of likely N-dealkylation sites (tertiary alicyclic amines) is 1. The molecule has 0 spiro atoms. The van der Waals surface area contributed by atoms with Crippen molar-refractivity contribution in [2.24, 2.45) is 0 Å². The second-order valence-corrected chi connectivity index (χ2v) is 7.10. The standard InChI is InChI=1S/C20H27N5O.ClH/c1-2-13-26-18-5-3-16(4-6-18)15-24-10-7-17(8-11-24)20-23-22-19-14-21-9-12-25(19)20;/h2-6,17,21H,1,7-15H2;1H. The molecule has 0 aliphatic carbocycles. The van der Waals surface area contributed by atoms with Gasteiger partial charge >= 0.3 is 0 Å². The van der Waals surface area contributed by atoms with Crippen molar-refractivity contribution < 1.29 is 4.74 Å². The molecule has 1 fully saturated rings. The number of aromatic nitrogens is 3. The zero-order valence-electron chi connectivity index (χ0n) is 15.6. The topological polar surface area (TPSA) is 55.2 Å². The number of piperidine rings is 1. The largest absolute Gasteiger partial charge is 0.490 e. The maximum absolute atomic E-state index is 5.55. The van der Waals surface area contributed by atoms with E-state index in [1.54, 1.807) is 6.08 Å². The summed E-state index contributed by atoms with van der Waals surface area (Å²) in [5.74, 6) is 3.73. The highest BCUT2D eigenvalue weighted by atomic mass is 35.5. The van der Waals surface area contributed by atoms with Gasteiger partial charge in [-0.05, 0) is 43.6 Å². The van der Waals surface area contributed by atoms with E-state index in [0.29, 0.717) is 12.5 Å². The smallest absolute Gasteiger partial charge is 0.147 e. The van der Waals surface area contributed by atoms with Crippen LogP contribution in [0.4, 0.5) is 0 Å². The summed E-state index contributed by atoms with van der Waals surface area (Å²) < 4.78 is 7.88. The Balaban J connectivity index is 0.00000210. The molecule has 1 N–H and O–H groups in total. The molecule has 0 amide bonds. The lowest BCUT2D eigenvalue weighted by molar-refractivity contribution is 0.199. The van der Waals surface area contributed by atoms with Gasteiger partial charge in [0.2, 0.25) is 0 Å². The second kappa shape index (κ2) is 9.35. The molecule has 0 radical (unpaired) electrons. The molecule has 27 heavy (non-hydrogen) atoms. The fourth-order valence-electron chi connectivity index (χ4n) is 3.87. The molecule has 2 aromatic rings. The molecular weight excluding hydrogens is 362 g/mol. The maximum Gasteiger partial charge on any atom is 0.147 e. The molecule has 6 nitrogen and oxygen atoms in total. The number of nitrogens with one attached hydrogen (secondary N) is 1. The van der Waals surface area contributed by atoms with Crippen molar-refractivity contribution >= 4 is 12.4 Å². The van der Waals surface area contributed by atoms with Gasteiger partial charge in [-0.25, -0.2) is 0 Å². The molecule has 0 atom stereocenters. The Morgan fingerprint density at radius 2 is 1.93 bits per heavy atom. The van der Waals surface area contributed by atoms with Gasteiger partial charge in [0.15, 0.2) is 0 Å². The highest BCUT2D eigenvalue weighted by Crippen LogP contribution is 2.28. The predicted molar refractivity (Wildman–Crippen MR) is 108 cm³/mol. The first kappa shape index (κ1) is 19.9. The molecule has 2 aliphatic rings. The summed E-state index contributed by atoms with van der Waals surface area (Å²) in [6.45, 7) is 10.3. The normalized spacial score (nSPS) is 17.8. The predicted octanol–water partition coefficient (Wildman–Crippen LogP) is 2.75. The average Bonchev–Trinajstić information content (AvgIpc) is 3.12. The maximum atomic E-state index is 5.55. The van der Waals surface area contributed by atoms with Crippen molar-refractivity contribution in [1.29, 1.82) is 0 Å². The monoisotopic (exact) mass is 389 g/mol. The molecule has 1 aromatic heterocycles. The molecule has 1 aromatic carbocycles. The van der Waals surface area contributed by atoms with E-state index >= 15 is 0 Å². The summed E-state index contributed by atoms with van der Waals surface area (Å²) in [5.41, 5.74) is 1.33. The Bertz CT molecular complexity index is 737. The van der Waals surface area contributed by atoms with Gasteiger partial charge in [-0.15, -0.1) is 22.6 Å². The van der Waals surface area contributed by atoms with Crippen LogP contribution in [0.5, 0.6) is 5.75 Å². The van der Waals surface area contributed by atoms with Gasteiger partial charge in [-0.1, -0.05) is 24.8 Å². The highest BCUT2D eigenvalue weighted by molar-refractivity contribution is 5.85. The van der Waals surface area contributed by atoms with E-state index in [9.17, 15) is 0 Å². The Kier molecular flexibility index (Phi) is 6.88. The van der Waals surface area contributed by atoms with Crippen LogP contribution in [0, 0.1) is 0 Å². The third kappa shape index (κ3) is 4.69. The highest BCUT2D eigenvalue weighted by Gasteiger charge is 2.26. The van der Waals surface area contributed by atoms with Gasteiger partial charge in [0.25, 0.3) is 0 Å². The molecule has 0 bridgehead atoms. The Morgan fingerprint density at radius 1 is 1.15 bits per heavy atom. The quantitative estimate of drug-likeness (QED) is 0.770. The van der Waals surface area contributed by atoms with Crippen LogP contribution in [0.1, 0.15) is 36.0 Å².